The summed E-state index contributed by atoms with van der Waals surface area (Å²) in [4.78, 5) is 11.2. The maximum absolute atomic E-state index is 11.2. The van der Waals surface area contributed by atoms with Gasteiger partial charge in [0.15, 0.2) is 0 Å². The molecule has 0 aliphatic rings. The summed E-state index contributed by atoms with van der Waals surface area (Å²) in [6, 6.07) is 9.70. The first-order chi connectivity index (χ1) is 9.98. The van der Waals surface area contributed by atoms with Gasteiger partial charge in [0.05, 0.1) is 19.3 Å². The average Bonchev–Trinajstić information content (AvgIpc) is 2.46. The van der Waals surface area contributed by atoms with Crippen LogP contribution in [0.1, 0.15) is 32.3 Å². The van der Waals surface area contributed by atoms with Gasteiger partial charge in [-0.15, -0.1) is 0 Å². The summed E-state index contributed by atoms with van der Waals surface area (Å²) >= 11 is 0. The number of β-amino-alcohol motifs (C(OH)–C–C–N with tert-alkyl or cyclic N) is 1. The lowest BCUT2D eigenvalue weighted by atomic mass is 9.96. The monoisotopic (exact) mass is 295 g/mol. The third-order valence-electron chi connectivity index (χ3n) is 3.37. The highest BCUT2D eigenvalue weighted by atomic mass is 16.5. The van der Waals surface area contributed by atoms with Crippen molar-refractivity contribution in [2.75, 3.05) is 13.2 Å². The number of hydrogen-bond acceptors (Lipinski definition) is 4. The van der Waals surface area contributed by atoms with Crippen LogP contribution >= 0.6 is 0 Å². The lowest BCUT2D eigenvalue weighted by molar-refractivity contribution is -0.144. The number of carboxylic acid groups (broad SMARTS) is 1. The van der Waals surface area contributed by atoms with Crippen molar-refractivity contribution >= 4 is 5.97 Å². The van der Waals surface area contributed by atoms with Gasteiger partial charge in [0.25, 0.3) is 0 Å². The van der Waals surface area contributed by atoms with Gasteiger partial charge in [-0.3, -0.25) is 10.1 Å². The van der Waals surface area contributed by atoms with Crippen molar-refractivity contribution in [3.8, 4) is 0 Å². The van der Waals surface area contributed by atoms with Gasteiger partial charge in [0.1, 0.15) is 5.54 Å². The van der Waals surface area contributed by atoms with E-state index in [2.05, 4.69) is 5.32 Å². The van der Waals surface area contributed by atoms with Crippen LogP contribution in [0.3, 0.4) is 0 Å². The van der Waals surface area contributed by atoms with Gasteiger partial charge in [-0.2, -0.15) is 0 Å². The van der Waals surface area contributed by atoms with Crippen LogP contribution in [0.25, 0.3) is 0 Å². The van der Waals surface area contributed by atoms with Gasteiger partial charge in [0, 0.05) is 6.54 Å². The van der Waals surface area contributed by atoms with E-state index in [1.54, 1.807) is 6.92 Å². The standard InChI is InChI=1S/C16H25NO4/c1-3-9-16(2,15(19)20)17-10-14(18)12-21-11-13-7-5-4-6-8-13/h4-8,14,17-18H,3,9-12H2,1-2H3,(H,19,20). The van der Waals surface area contributed by atoms with Crippen molar-refractivity contribution in [3.63, 3.8) is 0 Å². The lowest BCUT2D eigenvalue weighted by Crippen LogP contribution is -2.52. The molecule has 1 aromatic rings. The number of aliphatic carboxylic acids is 1. The molecule has 0 bridgehead atoms. The second-order valence-corrected chi connectivity index (χ2v) is 5.42. The second-order valence-electron chi connectivity index (χ2n) is 5.42. The molecular weight excluding hydrogens is 270 g/mol. The fourth-order valence-electron chi connectivity index (χ4n) is 2.06. The Labute approximate surface area is 125 Å². The lowest BCUT2D eigenvalue weighted by Gasteiger charge is -2.27. The predicted octanol–water partition coefficient (Wildman–Crippen LogP) is 1.80. The van der Waals surface area contributed by atoms with Crippen LogP contribution in [0.4, 0.5) is 0 Å². The number of hydrogen-bond donors (Lipinski definition) is 3. The summed E-state index contributed by atoms with van der Waals surface area (Å²) in [5.74, 6) is -0.901. The molecule has 0 aromatic heterocycles. The van der Waals surface area contributed by atoms with Crippen molar-refractivity contribution in [1.82, 2.24) is 5.32 Å². The zero-order chi connectivity index (χ0) is 15.7. The number of rotatable bonds is 10. The van der Waals surface area contributed by atoms with Crippen LogP contribution in [0.5, 0.6) is 0 Å². The minimum Gasteiger partial charge on any atom is -0.480 e. The highest BCUT2D eigenvalue weighted by Gasteiger charge is 2.31. The average molecular weight is 295 g/mol. The Morgan fingerprint density at radius 2 is 2.05 bits per heavy atom. The topological polar surface area (TPSA) is 78.8 Å². The zero-order valence-corrected chi connectivity index (χ0v) is 12.7. The molecule has 0 spiro atoms. The number of benzene rings is 1. The largest absolute Gasteiger partial charge is 0.480 e. The van der Waals surface area contributed by atoms with E-state index >= 15 is 0 Å². The van der Waals surface area contributed by atoms with Crippen molar-refractivity contribution in [1.29, 1.82) is 0 Å². The summed E-state index contributed by atoms with van der Waals surface area (Å²) in [6.07, 6.45) is 0.542. The van der Waals surface area contributed by atoms with E-state index in [-0.39, 0.29) is 13.2 Å². The summed E-state index contributed by atoms with van der Waals surface area (Å²) in [5.41, 5.74) is 0.0360. The second kappa shape index (κ2) is 8.77. The van der Waals surface area contributed by atoms with Crippen molar-refractivity contribution in [2.24, 2.45) is 0 Å². The molecule has 0 fully saturated rings. The van der Waals surface area contributed by atoms with Crippen molar-refractivity contribution in [3.05, 3.63) is 35.9 Å². The number of ether oxygens (including phenoxy) is 1. The molecule has 0 radical (unpaired) electrons. The summed E-state index contributed by atoms with van der Waals surface area (Å²) in [6.45, 7) is 4.36. The summed E-state index contributed by atoms with van der Waals surface area (Å²) < 4.78 is 5.43. The first-order valence-electron chi connectivity index (χ1n) is 7.26. The molecule has 118 valence electrons. The minimum absolute atomic E-state index is 0.170. The molecule has 0 aliphatic heterocycles. The molecule has 5 nitrogen and oxygen atoms in total. The van der Waals surface area contributed by atoms with E-state index in [9.17, 15) is 15.0 Å². The van der Waals surface area contributed by atoms with Gasteiger partial charge in [-0.1, -0.05) is 43.7 Å². The maximum atomic E-state index is 11.2. The normalized spacial score (nSPS) is 15.4. The Morgan fingerprint density at radius 3 is 2.62 bits per heavy atom. The van der Waals surface area contributed by atoms with Crippen LogP contribution < -0.4 is 5.32 Å². The fraction of sp³-hybridized carbons (Fsp3) is 0.562. The van der Waals surface area contributed by atoms with Crippen LogP contribution in [-0.4, -0.2) is 41.0 Å². The van der Waals surface area contributed by atoms with Crippen LogP contribution in [0.2, 0.25) is 0 Å². The molecule has 2 atom stereocenters. The Hall–Kier alpha value is -1.43. The molecule has 3 N–H and O–H groups in total. The van der Waals surface area contributed by atoms with E-state index in [4.69, 9.17) is 4.74 Å². The number of aliphatic hydroxyl groups excluding tert-OH is 1. The molecule has 0 amide bonds. The summed E-state index contributed by atoms with van der Waals surface area (Å²) in [7, 11) is 0. The zero-order valence-electron chi connectivity index (χ0n) is 12.7. The van der Waals surface area contributed by atoms with Gasteiger partial charge in [-0.25, -0.2) is 0 Å². The van der Waals surface area contributed by atoms with Crippen LogP contribution in [-0.2, 0) is 16.1 Å². The molecule has 0 saturated heterocycles. The van der Waals surface area contributed by atoms with Gasteiger partial charge < -0.3 is 14.9 Å². The molecule has 1 aromatic carbocycles. The van der Waals surface area contributed by atoms with E-state index in [1.165, 1.54) is 0 Å². The molecule has 0 heterocycles. The molecule has 0 aliphatic carbocycles. The Balaban J connectivity index is 2.30. The maximum Gasteiger partial charge on any atom is 0.323 e. The number of carboxylic acids is 1. The van der Waals surface area contributed by atoms with Crippen LogP contribution in [0.15, 0.2) is 30.3 Å². The van der Waals surface area contributed by atoms with Gasteiger partial charge >= 0.3 is 5.97 Å². The highest BCUT2D eigenvalue weighted by Crippen LogP contribution is 2.12. The molecule has 2 unspecified atom stereocenters. The van der Waals surface area contributed by atoms with E-state index in [1.807, 2.05) is 37.3 Å². The Morgan fingerprint density at radius 1 is 1.38 bits per heavy atom. The number of nitrogens with one attached hydrogen (secondary N) is 1. The van der Waals surface area contributed by atoms with E-state index < -0.39 is 17.6 Å². The van der Waals surface area contributed by atoms with Crippen molar-refractivity contribution < 1.29 is 19.7 Å². The SMILES string of the molecule is CCCC(C)(NCC(O)COCc1ccccc1)C(=O)O. The third-order valence-corrected chi connectivity index (χ3v) is 3.37. The highest BCUT2D eigenvalue weighted by molar-refractivity contribution is 5.78. The number of carbonyl (C=O) groups is 1. The Bertz CT molecular complexity index is 424. The van der Waals surface area contributed by atoms with Crippen LogP contribution in [0, 0.1) is 0 Å². The van der Waals surface area contributed by atoms with Gasteiger partial charge in [-0.05, 0) is 18.9 Å². The fourth-order valence-corrected chi connectivity index (χ4v) is 2.06. The third kappa shape index (κ3) is 6.25. The van der Waals surface area contributed by atoms with E-state index in [0.29, 0.717) is 13.0 Å². The van der Waals surface area contributed by atoms with Crippen molar-refractivity contribution in [2.45, 2.75) is 44.9 Å². The first-order valence-corrected chi connectivity index (χ1v) is 7.26. The molecular formula is C16H25NO4. The quantitative estimate of drug-likeness (QED) is 0.613. The summed E-state index contributed by atoms with van der Waals surface area (Å²) in [5, 5.41) is 22.0. The molecule has 21 heavy (non-hydrogen) atoms. The van der Waals surface area contributed by atoms with Gasteiger partial charge in [0.2, 0.25) is 0 Å². The minimum atomic E-state index is -1.00. The molecule has 1 rings (SSSR count). The first kappa shape index (κ1) is 17.6. The van der Waals surface area contributed by atoms with E-state index in [0.717, 1.165) is 12.0 Å². The smallest absolute Gasteiger partial charge is 0.323 e. The molecule has 5 heteroatoms. The Kier molecular flexibility index (Phi) is 7.36. The molecule has 0 saturated carbocycles. The predicted molar refractivity (Wildman–Crippen MR) is 81.1 cm³/mol. The number of aliphatic hydroxyl groups is 1.